The number of nitrogens with one attached hydrogen (secondary N) is 2. The first-order valence-corrected chi connectivity index (χ1v) is 9.10. The predicted octanol–water partition coefficient (Wildman–Crippen LogP) is 3.79. The van der Waals surface area contributed by atoms with Crippen molar-refractivity contribution >= 4 is 34.9 Å². The molecule has 0 radical (unpaired) electrons. The predicted molar refractivity (Wildman–Crippen MR) is 106 cm³/mol. The van der Waals surface area contributed by atoms with Gasteiger partial charge in [0.15, 0.2) is 0 Å². The number of pyridine rings is 3. The minimum Gasteiger partial charge on any atom is -0.321 e. The van der Waals surface area contributed by atoms with Gasteiger partial charge in [-0.2, -0.15) is 0 Å². The van der Waals surface area contributed by atoms with Crippen molar-refractivity contribution in [1.29, 1.82) is 0 Å². The molecule has 0 atom stereocenters. The van der Waals surface area contributed by atoms with Crippen molar-refractivity contribution in [1.82, 2.24) is 15.0 Å². The van der Waals surface area contributed by atoms with Crippen molar-refractivity contribution in [3.63, 3.8) is 0 Å². The molecule has 1 fully saturated rings. The highest BCUT2D eigenvalue weighted by molar-refractivity contribution is 6.30. The maximum absolute atomic E-state index is 12.6. The van der Waals surface area contributed by atoms with E-state index in [4.69, 9.17) is 11.6 Å². The van der Waals surface area contributed by atoms with Crippen LogP contribution in [-0.4, -0.2) is 26.8 Å². The molecule has 1 saturated carbocycles. The molecule has 8 heteroatoms. The van der Waals surface area contributed by atoms with Crippen molar-refractivity contribution in [3.8, 4) is 11.1 Å². The Labute approximate surface area is 166 Å². The van der Waals surface area contributed by atoms with Gasteiger partial charge in [-0.05, 0) is 37.1 Å². The second-order valence-electron chi connectivity index (χ2n) is 6.50. The average Bonchev–Trinajstić information content (AvgIpc) is 3.54. The molecule has 2 N–H and O–H groups in total. The molecule has 0 spiro atoms. The number of hydrogen-bond donors (Lipinski definition) is 2. The maximum atomic E-state index is 12.6. The monoisotopic (exact) mass is 393 g/mol. The fourth-order valence-electron chi connectivity index (χ4n) is 2.65. The summed E-state index contributed by atoms with van der Waals surface area (Å²) in [7, 11) is 0. The molecule has 0 aliphatic heterocycles. The Morgan fingerprint density at radius 2 is 1.71 bits per heavy atom. The lowest BCUT2D eigenvalue weighted by Gasteiger charge is -2.09. The van der Waals surface area contributed by atoms with Crippen LogP contribution in [0.1, 0.15) is 23.2 Å². The van der Waals surface area contributed by atoms with Gasteiger partial charge in [0.05, 0.1) is 16.9 Å². The van der Waals surface area contributed by atoms with Gasteiger partial charge in [-0.3, -0.25) is 19.6 Å². The third kappa shape index (κ3) is 4.32. The fourth-order valence-corrected chi connectivity index (χ4v) is 2.83. The molecule has 3 heterocycles. The van der Waals surface area contributed by atoms with E-state index in [2.05, 4.69) is 25.6 Å². The molecule has 3 aromatic rings. The number of carbonyl (C=O) groups excluding carboxylic acids is 2. The van der Waals surface area contributed by atoms with E-state index in [0.29, 0.717) is 22.1 Å². The number of hydrogen-bond acceptors (Lipinski definition) is 5. The summed E-state index contributed by atoms with van der Waals surface area (Å²) in [6.45, 7) is 0. The summed E-state index contributed by atoms with van der Waals surface area (Å²) in [6.07, 6.45) is 9.73. The first kappa shape index (κ1) is 18.1. The van der Waals surface area contributed by atoms with Crippen LogP contribution in [-0.2, 0) is 4.79 Å². The van der Waals surface area contributed by atoms with E-state index < -0.39 is 0 Å². The topological polar surface area (TPSA) is 96.9 Å². The Morgan fingerprint density at radius 1 is 0.964 bits per heavy atom. The third-order valence-electron chi connectivity index (χ3n) is 4.26. The highest BCUT2D eigenvalue weighted by atomic mass is 35.5. The van der Waals surface area contributed by atoms with E-state index in [1.807, 2.05) is 0 Å². The summed E-state index contributed by atoms with van der Waals surface area (Å²) in [6, 6.07) is 6.69. The number of halogens is 1. The van der Waals surface area contributed by atoms with Gasteiger partial charge in [-0.15, -0.1) is 0 Å². The highest BCUT2D eigenvalue weighted by Gasteiger charge is 2.29. The van der Waals surface area contributed by atoms with Gasteiger partial charge >= 0.3 is 0 Å². The van der Waals surface area contributed by atoms with E-state index in [-0.39, 0.29) is 17.7 Å². The lowest BCUT2D eigenvalue weighted by atomic mass is 10.1. The van der Waals surface area contributed by atoms with Crippen molar-refractivity contribution in [2.75, 3.05) is 10.6 Å². The van der Waals surface area contributed by atoms with Crippen molar-refractivity contribution in [2.45, 2.75) is 12.8 Å². The average molecular weight is 394 g/mol. The summed E-state index contributed by atoms with van der Waals surface area (Å²) in [5.41, 5.74) is 2.49. The molecule has 140 valence electrons. The lowest BCUT2D eigenvalue weighted by molar-refractivity contribution is -0.117. The van der Waals surface area contributed by atoms with Gasteiger partial charge in [0.1, 0.15) is 5.82 Å². The highest BCUT2D eigenvalue weighted by Crippen LogP contribution is 2.30. The normalized spacial score (nSPS) is 13.0. The molecule has 2 amide bonds. The number of amides is 2. The zero-order chi connectivity index (χ0) is 19.5. The van der Waals surface area contributed by atoms with E-state index in [1.165, 1.54) is 6.20 Å². The van der Waals surface area contributed by atoms with Crippen molar-refractivity contribution < 1.29 is 9.59 Å². The molecular weight excluding hydrogens is 378 g/mol. The van der Waals surface area contributed by atoms with Crippen LogP contribution in [0.15, 0.2) is 55.2 Å². The molecule has 1 aliphatic carbocycles. The fraction of sp³-hybridized carbons (Fsp3) is 0.150. The summed E-state index contributed by atoms with van der Waals surface area (Å²) >= 11 is 5.98. The van der Waals surface area contributed by atoms with E-state index >= 15 is 0 Å². The van der Waals surface area contributed by atoms with Crippen LogP contribution >= 0.6 is 11.6 Å². The Balaban J connectivity index is 1.49. The Morgan fingerprint density at radius 3 is 2.46 bits per heavy atom. The van der Waals surface area contributed by atoms with Crippen molar-refractivity contribution in [3.05, 3.63) is 65.8 Å². The summed E-state index contributed by atoms with van der Waals surface area (Å²) in [5.74, 6) is 0.0417. The van der Waals surface area contributed by atoms with Crippen LogP contribution in [0.4, 0.5) is 11.5 Å². The number of aromatic nitrogens is 3. The van der Waals surface area contributed by atoms with E-state index in [9.17, 15) is 9.59 Å². The maximum Gasteiger partial charge on any atom is 0.255 e. The van der Waals surface area contributed by atoms with Crippen LogP contribution in [0, 0.1) is 5.92 Å². The molecule has 0 bridgehead atoms. The molecule has 0 aromatic carbocycles. The molecule has 0 saturated heterocycles. The number of carbonyl (C=O) groups is 2. The summed E-state index contributed by atoms with van der Waals surface area (Å²) < 4.78 is 0. The molecular formula is C20H16ClN5O2. The third-order valence-corrected chi connectivity index (χ3v) is 4.46. The van der Waals surface area contributed by atoms with Crippen LogP contribution in [0.25, 0.3) is 11.1 Å². The second-order valence-corrected chi connectivity index (χ2v) is 6.94. The Bertz CT molecular complexity index is 1050. The smallest absolute Gasteiger partial charge is 0.255 e. The summed E-state index contributed by atoms with van der Waals surface area (Å²) in [5, 5.41) is 6.06. The van der Waals surface area contributed by atoms with E-state index in [1.54, 1.807) is 49.1 Å². The van der Waals surface area contributed by atoms with Gasteiger partial charge in [0.2, 0.25) is 5.91 Å². The minimum atomic E-state index is -0.326. The van der Waals surface area contributed by atoms with Gasteiger partial charge < -0.3 is 10.6 Å². The van der Waals surface area contributed by atoms with Gasteiger partial charge in [0.25, 0.3) is 5.91 Å². The van der Waals surface area contributed by atoms with Crippen LogP contribution in [0.2, 0.25) is 5.02 Å². The van der Waals surface area contributed by atoms with E-state index in [0.717, 1.165) is 24.0 Å². The first-order valence-electron chi connectivity index (χ1n) is 8.73. The van der Waals surface area contributed by atoms with Crippen LogP contribution < -0.4 is 10.6 Å². The van der Waals surface area contributed by atoms with Gasteiger partial charge in [-0.1, -0.05) is 11.6 Å². The molecule has 28 heavy (non-hydrogen) atoms. The lowest BCUT2D eigenvalue weighted by Crippen LogP contribution is -2.16. The molecule has 1 aliphatic rings. The number of nitrogens with zero attached hydrogens (tertiary/aromatic N) is 3. The SMILES string of the molecule is O=C(Nc1cncc(-c2cncc(Cl)c2)c1)c1ccnc(NC(=O)C2CC2)c1. The zero-order valence-corrected chi connectivity index (χ0v) is 15.5. The second kappa shape index (κ2) is 7.74. The first-order chi connectivity index (χ1) is 13.6. The largest absolute Gasteiger partial charge is 0.321 e. The molecule has 0 unspecified atom stereocenters. The molecule has 7 nitrogen and oxygen atoms in total. The molecule has 4 rings (SSSR count). The Kier molecular flexibility index (Phi) is 4.99. The minimum absolute atomic E-state index is 0.0582. The quantitative estimate of drug-likeness (QED) is 0.687. The van der Waals surface area contributed by atoms with Gasteiger partial charge in [-0.25, -0.2) is 4.98 Å². The van der Waals surface area contributed by atoms with Crippen LogP contribution in [0.5, 0.6) is 0 Å². The number of rotatable bonds is 5. The Hall–Kier alpha value is -3.32. The zero-order valence-electron chi connectivity index (χ0n) is 14.7. The standard InChI is InChI=1S/C20H16ClN5O2/c21-16-5-14(8-22-10-16)15-6-17(11-23-9-15)25-20(28)13-3-4-24-18(7-13)26-19(27)12-1-2-12/h3-12H,1-2H2,(H,25,28)(H,24,26,27). The van der Waals surface area contributed by atoms with Gasteiger partial charge in [0, 0.05) is 47.4 Å². The van der Waals surface area contributed by atoms with Crippen LogP contribution in [0.3, 0.4) is 0 Å². The summed E-state index contributed by atoms with van der Waals surface area (Å²) in [4.78, 5) is 36.8. The van der Waals surface area contributed by atoms with Crippen molar-refractivity contribution in [2.24, 2.45) is 5.92 Å². The number of anilines is 2. The molecule has 3 aromatic heterocycles.